The monoisotopic (exact) mass is 259 g/mol. The fraction of sp³-hybridized carbons (Fsp3) is 0.818. The molecule has 2 amide bonds. The average Bonchev–Trinajstić information content (AvgIpc) is 2.25. The third kappa shape index (κ3) is 4.50. The van der Waals surface area contributed by atoms with Gasteiger partial charge < -0.3 is 25.3 Å². The molecule has 7 nitrogen and oxygen atoms in total. The van der Waals surface area contributed by atoms with E-state index in [0.29, 0.717) is 32.5 Å². The number of hydrogen-bond acceptors (Lipinski definition) is 4. The average molecular weight is 259 g/mol. The van der Waals surface area contributed by atoms with Crippen LogP contribution in [0.5, 0.6) is 0 Å². The molecule has 1 aliphatic rings. The van der Waals surface area contributed by atoms with Gasteiger partial charge in [-0.2, -0.15) is 0 Å². The Morgan fingerprint density at radius 3 is 2.33 bits per heavy atom. The van der Waals surface area contributed by atoms with Crippen molar-refractivity contribution >= 4 is 12.0 Å². The summed E-state index contributed by atoms with van der Waals surface area (Å²) in [6, 6.07) is -0.385. The van der Waals surface area contributed by atoms with E-state index >= 15 is 0 Å². The van der Waals surface area contributed by atoms with Crippen molar-refractivity contribution in [2.24, 2.45) is 0 Å². The van der Waals surface area contributed by atoms with Crippen LogP contribution in [0.3, 0.4) is 0 Å². The lowest BCUT2D eigenvalue weighted by Gasteiger charge is -2.39. The highest BCUT2D eigenvalue weighted by Gasteiger charge is 2.34. The number of carbonyl (C=O) groups is 2. The molecule has 0 saturated carbocycles. The number of likely N-dealkylation sites (tertiary alicyclic amines) is 1. The lowest BCUT2D eigenvalue weighted by Crippen LogP contribution is -2.53. The van der Waals surface area contributed by atoms with Gasteiger partial charge in [-0.25, -0.2) is 4.79 Å². The third-order valence-electron chi connectivity index (χ3n) is 2.98. The highest BCUT2D eigenvalue weighted by atomic mass is 16.4. The number of carbonyl (C=O) groups excluding carboxylic acids is 1. The van der Waals surface area contributed by atoms with Crippen molar-refractivity contribution in [1.82, 2.24) is 15.1 Å². The molecule has 1 fully saturated rings. The predicted molar refractivity (Wildman–Crippen MR) is 65.3 cm³/mol. The zero-order chi connectivity index (χ0) is 13.8. The number of urea groups is 1. The maximum atomic E-state index is 11.6. The maximum Gasteiger partial charge on any atom is 0.323 e. The Morgan fingerprint density at radius 2 is 1.89 bits per heavy atom. The van der Waals surface area contributed by atoms with Crippen LogP contribution in [0.2, 0.25) is 0 Å². The Morgan fingerprint density at radius 1 is 1.33 bits per heavy atom. The molecule has 0 aliphatic carbocycles. The third-order valence-corrected chi connectivity index (χ3v) is 2.98. The molecular formula is C11H21N3O4. The molecule has 18 heavy (non-hydrogen) atoms. The second-order valence-electron chi connectivity index (χ2n) is 5.00. The molecular weight excluding hydrogens is 238 g/mol. The summed E-state index contributed by atoms with van der Waals surface area (Å²) in [6.45, 7) is 1.07. The summed E-state index contributed by atoms with van der Waals surface area (Å²) in [7, 11) is 3.79. The smallest absolute Gasteiger partial charge is 0.323 e. The van der Waals surface area contributed by atoms with E-state index in [1.54, 1.807) is 0 Å². The van der Waals surface area contributed by atoms with Crippen molar-refractivity contribution in [3.8, 4) is 0 Å². The molecule has 0 bridgehead atoms. The van der Waals surface area contributed by atoms with Crippen molar-refractivity contribution < 1.29 is 19.8 Å². The molecule has 0 radical (unpaired) electrons. The first kappa shape index (κ1) is 14.7. The molecule has 0 atom stereocenters. The Balaban J connectivity index is 2.38. The number of likely N-dealkylation sites (N-methyl/N-ethyl adjacent to an activating group) is 1. The number of rotatable bonds is 4. The normalized spacial score (nSPS) is 18.8. The van der Waals surface area contributed by atoms with Gasteiger partial charge in [-0.3, -0.25) is 4.79 Å². The lowest BCUT2D eigenvalue weighted by molar-refractivity contribution is -0.135. The van der Waals surface area contributed by atoms with E-state index in [0.717, 1.165) is 0 Å². The zero-order valence-electron chi connectivity index (χ0n) is 10.8. The van der Waals surface area contributed by atoms with E-state index in [2.05, 4.69) is 5.32 Å². The first-order valence-electron chi connectivity index (χ1n) is 5.94. The summed E-state index contributed by atoms with van der Waals surface area (Å²) >= 11 is 0. The van der Waals surface area contributed by atoms with Gasteiger partial charge in [-0.05, 0) is 26.9 Å². The summed E-state index contributed by atoms with van der Waals surface area (Å²) in [6.07, 6.45) is 1.01. The Labute approximate surface area is 106 Å². The molecule has 1 rings (SSSR count). The Kier molecular flexibility index (Phi) is 4.92. The van der Waals surface area contributed by atoms with Crippen LogP contribution in [0, 0.1) is 0 Å². The molecule has 1 heterocycles. The summed E-state index contributed by atoms with van der Waals surface area (Å²) < 4.78 is 0. The van der Waals surface area contributed by atoms with Gasteiger partial charge in [-0.15, -0.1) is 0 Å². The number of piperidine rings is 1. The van der Waals surface area contributed by atoms with E-state index in [9.17, 15) is 14.7 Å². The number of carboxylic acid groups (broad SMARTS) is 1. The van der Waals surface area contributed by atoms with Crippen LogP contribution in [0.4, 0.5) is 4.79 Å². The van der Waals surface area contributed by atoms with Crippen LogP contribution >= 0.6 is 0 Å². The second kappa shape index (κ2) is 6.01. The summed E-state index contributed by atoms with van der Waals surface area (Å²) in [5.41, 5.74) is -0.757. The largest absolute Gasteiger partial charge is 0.480 e. The van der Waals surface area contributed by atoms with Gasteiger partial charge in [-0.1, -0.05) is 0 Å². The van der Waals surface area contributed by atoms with Gasteiger partial charge in [0.15, 0.2) is 0 Å². The van der Waals surface area contributed by atoms with Crippen LogP contribution < -0.4 is 5.32 Å². The van der Waals surface area contributed by atoms with Gasteiger partial charge in [0.05, 0.1) is 5.60 Å². The van der Waals surface area contributed by atoms with Gasteiger partial charge >= 0.3 is 12.0 Å². The van der Waals surface area contributed by atoms with Crippen molar-refractivity contribution in [2.75, 3.05) is 40.3 Å². The molecule has 0 aromatic heterocycles. The SMILES string of the molecule is CN(C)CC1(O)CCN(C(=O)NCC(=O)O)CC1. The molecule has 3 N–H and O–H groups in total. The highest BCUT2D eigenvalue weighted by molar-refractivity contribution is 5.80. The number of amides is 2. The maximum absolute atomic E-state index is 11.6. The molecule has 1 saturated heterocycles. The first-order chi connectivity index (χ1) is 8.32. The number of nitrogens with zero attached hydrogens (tertiary/aromatic N) is 2. The quantitative estimate of drug-likeness (QED) is 0.612. The number of carboxylic acids is 1. The summed E-state index contributed by atoms with van der Waals surface area (Å²) in [5, 5.41) is 21.0. The minimum absolute atomic E-state index is 0.378. The van der Waals surface area contributed by atoms with Crippen molar-refractivity contribution in [3.63, 3.8) is 0 Å². The zero-order valence-corrected chi connectivity index (χ0v) is 10.8. The first-order valence-corrected chi connectivity index (χ1v) is 5.94. The predicted octanol–water partition coefficient (Wildman–Crippen LogP) is -0.831. The second-order valence-corrected chi connectivity index (χ2v) is 5.00. The topological polar surface area (TPSA) is 93.1 Å². The van der Waals surface area contributed by atoms with Crippen LogP contribution in [-0.2, 0) is 4.79 Å². The van der Waals surface area contributed by atoms with Crippen molar-refractivity contribution in [2.45, 2.75) is 18.4 Å². The van der Waals surface area contributed by atoms with Crippen LogP contribution in [0.25, 0.3) is 0 Å². The number of aliphatic hydroxyl groups is 1. The number of aliphatic carboxylic acids is 1. The molecule has 0 unspecified atom stereocenters. The van der Waals surface area contributed by atoms with E-state index in [4.69, 9.17) is 5.11 Å². The van der Waals surface area contributed by atoms with Gasteiger partial charge in [0.1, 0.15) is 6.54 Å². The van der Waals surface area contributed by atoms with Crippen molar-refractivity contribution in [1.29, 1.82) is 0 Å². The van der Waals surface area contributed by atoms with Gasteiger partial charge in [0, 0.05) is 19.6 Å². The number of hydrogen-bond donors (Lipinski definition) is 3. The van der Waals surface area contributed by atoms with E-state index in [1.165, 1.54) is 4.90 Å². The van der Waals surface area contributed by atoms with Crippen LogP contribution in [0.15, 0.2) is 0 Å². The highest BCUT2D eigenvalue weighted by Crippen LogP contribution is 2.22. The fourth-order valence-corrected chi connectivity index (χ4v) is 2.14. The molecule has 0 aromatic carbocycles. The van der Waals surface area contributed by atoms with E-state index in [1.807, 2.05) is 19.0 Å². The molecule has 104 valence electrons. The van der Waals surface area contributed by atoms with E-state index in [-0.39, 0.29) is 12.6 Å². The Hall–Kier alpha value is -1.34. The lowest BCUT2D eigenvalue weighted by atomic mass is 9.91. The molecule has 0 spiro atoms. The van der Waals surface area contributed by atoms with E-state index < -0.39 is 11.6 Å². The van der Waals surface area contributed by atoms with Crippen LogP contribution in [0.1, 0.15) is 12.8 Å². The fourth-order valence-electron chi connectivity index (χ4n) is 2.14. The van der Waals surface area contributed by atoms with Crippen molar-refractivity contribution in [3.05, 3.63) is 0 Å². The van der Waals surface area contributed by atoms with Gasteiger partial charge in [0.25, 0.3) is 0 Å². The molecule has 0 aromatic rings. The van der Waals surface area contributed by atoms with Crippen LogP contribution in [-0.4, -0.2) is 77.9 Å². The Bertz CT molecular complexity index is 311. The molecule has 1 aliphatic heterocycles. The number of nitrogens with one attached hydrogen (secondary N) is 1. The minimum atomic E-state index is -1.07. The standard InChI is InChI=1S/C11H21N3O4/c1-13(2)8-11(18)3-5-14(6-4-11)10(17)12-7-9(15)16/h18H,3-8H2,1-2H3,(H,12,17)(H,15,16). The van der Waals surface area contributed by atoms with Gasteiger partial charge in [0.2, 0.25) is 0 Å². The molecule has 7 heteroatoms. The summed E-state index contributed by atoms with van der Waals surface area (Å²) in [4.78, 5) is 25.4. The minimum Gasteiger partial charge on any atom is -0.480 e. The summed E-state index contributed by atoms with van der Waals surface area (Å²) in [5.74, 6) is -1.07.